The van der Waals surface area contributed by atoms with Gasteiger partial charge in [0.2, 0.25) is 0 Å². The highest BCUT2D eigenvalue weighted by atomic mass is 16.5. The number of hydrogen-bond donors (Lipinski definition) is 1. The van der Waals surface area contributed by atoms with Crippen LogP contribution in [0.1, 0.15) is 34.1 Å². The standard InChI is InChI=1S/C31H33N7O2/c1-22-8-11-25-19-27(31(39)32-28(25)18-22)29(37-16-14-36(15-17-37)20-23-6-4-3-5-7-23)30-33-34-35-38(30)21-24-9-12-26(40-2)13-10-24/h3-13,18-19,29H,14-17,20-21H2,1-2H3,(H,32,39). The molecule has 1 N–H and O–H groups in total. The van der Waals surface area contributed by atoms with Crippen molar-refractivity contribution in [3.8, 4) is 5.75 Å². The number of tetrazole rings is 1. The van der Waals surface area contributed by atoms with Gasteiger partial charge in [0.1, 0.15) is 11.8 Å². The summed E-state index contributed by atoms with van der Waals surface area (Å²) < 4.78 is 7.12. The van der Waals surface area contributed by atoms with Gasteiger partial charge in [-0.15, -0.1) is 5.10 Å². The van der Waals surface area contributed by atoms with Crippen LogP contribution in [0.4, 0.5) is 0 Å². The Kier molecular flexibility index (Phi) is 7.39. The number of methoxy groups -OCH3 is 1. The molecule has 9 heteroatoms. The van der Waals surface area contributed by atoms with Crippen molar-refractivity contribution in [2.24, 2.45) is 0 Å². The second kappa shape index (κ2) is 11.4. The average molecular weight is 536 g/mol. The molecule has 1 saturated heterocycles. The molecule has 0 amide bonds. The van der Waals surface area contributed by atoms with Crippen LogP contribution in [0.15, 0.2) is 83.7 Å². The smallest absolute Gasteiger partial charge is 0.253 e. The van der Waals surface area contributed by atoms with Crippen LogP contribution in [-0.4, -0.2) is 68.3 Å². The van der Waals surface area contributed by atoms with Crippen LogP contribution >= 0.6 is 0 Å². The minimum Gasteiger partial charge on any atom is -0.497 e. The van der Waals surface area contributed by atoms with Gasteiger partial charge >= 0.3 is 0 Å². The third-order valence-electron chi connectivity index (χ3n) is 7.64. The Morgan fingerprint density at radius 2 is 1.65 bits per heavy atom. The van der Waals surface area contributed by atoms with E-state index in [-0.39, 0.29) is 11.6 Å². The van der Waals surface area contributed by atoms with Gasteiger partial charge in [-0.2, -0.15) is 0 Å². The predicted octanol–water partition coefficient (Wildman–Crippen LogP) is 3.79. The lowest BCUT2D eigenvalue weighted by Gasteiger charge is -2.38. The lowest BCUT2D eigenvalue weighted by molar-refractivity contribution is 0.0998. The first-order valence-electron chi connectivity index (χ1n) is 13.6. The summed E-state index contributed by atoms with van der Waals surface area (Å²) in [5.74, 6) is 1.45. The number of aromatic amines is 1. The Labute approximate surface area is 233 Å². The van der Waals surface area contributed by atoms with Crippen molar-refractivity contribution < 1.29 is 4.74 Å². The van der Waals surface area contributed by atoms with Crippen LogP contribution in [0.3, 0.4) is 0 Å². The minimum atomic E-state index is -0.387. The van der Waals surface area contributed by atoms with Crippen molar-refractivity contribution in [1.82, 2.24) is 35.0 Å². The molecule has 1 atom stereocenters. The van der Waals surface area contributed by atoms with Gasteiger partial charge in [0, 0.05) is 43.8 Å². The monoisotopic (exact) mass is 535 g/mol. The summed E-state index contributed by atoms with van der Waals surface area (Å²) >= 11 is 0. The Bertz CT molecular complexity index is 1640. The van der Waals surface area contributed by atoms with E-state index in [0.29, 0.717) is 17.9 Å². The summed E-state index contributed by atoms with van der Waals surface area (Å²) in [6.45, 7) is 6.77. The molecule has 0 saturated carbocycles. The number of rotatable bonds is 8. The topological polar surface area (TPSA) is 92.2 Å². The number of hydrogen-bond acceptors (Lipinski definition) is 7. The van der Waals surface area contributed by atoms with Gasteiger partial charge < -0.3 is 9.72 Å². The number of ether oxygens (including phenoxy) is 1. The van der Waals surface area contributed by atoms with Gasteiger partial charge in [0.15, 0.2) is 5.82 Å². The summed E-state index contributed by atoms with van der Waals surface area (Å²) in [6.07, 6.45) is 0. The highest BCUT2D eigenvalue weighted by molar-refractivity contribution is 5.79. The molecule has 0 bridgehead atoms. The number of aromatic nitrogens is 5. The van der Waals surface area contributed by atoms with Gasteiger partial charge in [0.05, 0.1) is 13.7 Å². The van der Waals surface area contributed by atoms with Crippen LogP contribution < -0.4 is 10.3 Å². The lowest BCUT2D eigenvalue weighted by Crippen LogP contribution is -2.48. The molecule has 3 aromatic carbocycles. The lowest BCUT2D eigenvalue weighted by atomic mass is 10.0. The van der Waals surface area contributed by atoms with Crippen molar-refractivity contribution in [3.05, 3.63) is 117 Å². The van der Waals surface area contributed by atoms with Gasteiger partial charge in [-0.25, -0.2) is 4.68 Å². The summed E-state index contributed by atoms with van der Waals surface area (Å²) in [5, 5.41) is 13.9. The SMILES string of the molecule is COc1ccc(Cn2nnnc2C(c2cc3ccc(C)cc3[nH]c2=O)N2CCN(Cc3ccccc3)CC2)cc1. The molecule has 1 aliphatic heterocycles. The van der Waals surface area contributed by atoms with E-state index >= 15 is 0 Å². The van der Waals surface area contributed by atoms with Crippen molar-refractivity contribution in [1.29, 1.82) is 0 Å². The van der Waals surface area contributed by atoms with Crippen molar-refractivity contribution >= 4 is 10.9 Å². The fourth-order valence-corrected chi connectivity index (χ4v) is 5.48. The zero-order valence-corrected chi connectivity index (χ0v) is 22.8. The van der Waals surface area contributed by atoms with Gasteiger partial charge in [-0.3, -0.25) is 14.6 Å². The Hall–Kier alpha value is -4.34. The normalized spacial score (nSPS) is 15.3. The molecule has 1 fully saturated rings. The summed E-state index contributed by atoms with van der Waals surface area (Å²) in [6, 6.07) is 26.2. The molecule has 0 radical (unpaired) electrons. The number of piperazine rings is 1. The maximum absolute atomic E-state index is 13.6. The second-order valence-corrected chi connectivity index (χ2v) is 10.4. The van der Waals surface area contributed by atoms with E-state index in [4.69, 9.17) is 4.74 Å². The number of pyridine rings is 1. The van der Waals surface area contributed by atoms with Crippen LogP contribution in [0.25, 0.3) is 10.9 Å². The number of fused-ring (bicyclic) bond motifs is 1. The quantitative estimate of drug-likeness (QED) is 0.323. The van der Waals surface area contributed by atoms with Gasteiger partial charge in [0.25, 0.3) is 5.56 Å². The first-order valence-corrected chi connectivity index (χ1v) is 13.6. The fourth-order valence-electron chi connectivity index (χ4n) is 5.48. The van der Waals surface area contributed by atoms with Crippen LogP contribution in [-0.2, 0) is 13.1 Å². The fraction of sp³-hybridized carbons (Fsp3) is 0.290. The van der Waals surface area contributed by atoms with Crippen molar-refractivity contribution in [2.75, 3.05) is 33.3 Å². The largest absolute Gasteiger partial charge is 0.497 e. The van der Waals surface area contributed by atoms with Gasteiger partial charge in [-0.05, 0) is 63.7 Å². The molecular weight excluding hydrogens is 502 g/mol. The zero-order valence-electron chi connectivity index (χ0n) is 22.8. The molecule has 6 rings (SSSR count). The molecule has 0 spiro atoms. The Balaban J connectivity index is 1.34. The van der Waals surface area contributed by atoms with Crippen LogP contribution in [0.2, 0.25) is 0 Å². The summed E-state index contributed by atoms with van der Waals surface area (Å²) in [7, 11) is 1.65. The average Bonchev–Trinajstić information content (AvgIpc) is 3.43. The third kappa shape index (κ3) is 5.52. The molecule has 40 heavy (non-hydrogen) atoms. The van der Waals surface area contributed by atoms with Crippen LogP contribution in [0, 0.1) is 6.92 Å². The first kappa shape index (κ1) is 25.9. The van der Waals surface area contributed by atoms with E-state index in [2.05, 4.69) is 66.7 Å². The summed E-state index contributed by atoms with van der Waals surface area (Å²) in [5.41, 5.74) is 4.82. The van der Waals surface area contributed by atoms with E-state index in [9.17, 15) is 4.79 Å². The van der Waals surface area contributed by atoms with Crippen molar-refractivity contribution in [3.63, 3.8) is 0 Å². The van der Waals surface area contributed by atoms with E-state index in [0.717, 1.165) is 60.5 Å². The van der Waals surface area contributed by atoms with Gasteiger partial charge in [-0.1, -0.05) is 54.6 Å². The molecule has 1 unspecified atom stereocenters. The molecule has 2 aromatic heterocycles. The molecule has 1 aliphatic rings. The van der Waals surface area contributed by atoms with Crippen molar-refractivity contribution in [2.45, 2.75) is 26.1 Å². The predicted molar refractivity (Wildman–Crippen MR) is 154 cm³/mol. The Morgan fingerprint density at radius 3 is 2.40 bits per heavy atom. The number of nitrogens with one attached hydrogen (secondary N) is 1. The van der Waals surface area contributed by atoms with E-state index in [1.54, 1.807) is 7.11 Å². The number of aryl methyl sites for hydroxylation is 1. The maximum Gasteiger partial charge on any atom is 0.253 e. The molecular formula is C31H33N7O2. The number of nitrogens with zero attached hydrogens (tertiary/aromatic N) is 6. The molecule has 5 aromatic rings. The molecule has 0 aliphatic carbocycles. The minimum absolute atomic E-state index is 0.117. The third-order valence-corrected chi connectivity index (χ3v) is 7.64. The number of H-pyrrole nitrogens is 1. The molecule has 3 heterocycles. The zero-order chi connectivity index (χ0) is 27.5. The Morgan fingerprint density at radius 1 is 0.900 bits per heavy atom. The molecule has 204 valence electrons. The summed E-state index contributed by atoms with van der Waals surface area (Å²) in [4.78, 5) is 21.5. The first-order chi connectivity index (χ1) is 19.6. The highest BCUT2D eigenvalue weighted by Gasteiger charge is 2.32. The molecule has 9 nitrogen and oxygen atoms in total. The number of benzene rings is 3. The van der Waals surface area contributed by atoms with E-state index < -0.39 is 0 Å². The maximum atomic E-state index is 13.6. The van der Waals surface area contributed by atoms with E-state index in [1.807, 2.05) is 54.1 Å². The highest BCUT2D eigenvalue weighted by Crippen LogP contribution is 2.29. The second-order valence-electron chi connectivity index (χ2n) is 10.4. The van der Waals surface area contributed by atoms with E-state index in [1.165, 1.54) is 5.56 Å². The van der Waals surface area contributed by atoms with Crippen LogP contribution in [0.5, 0.6) is 5.75 Å².